The summed E-state index contributed by atoms with van der Waals surface area (Å²) >= 11 is 0. The van der Waals surface area contributed by atoms with E-state index < -0.39 is 11.0 Å². The molecule has 0 aromatic carbocycles. The molecule has 1 unspecified atom stereocenters. The highest BCUT2D eigenvalue weighted by Gasteiger charge is 2.42. The third-order valence-electron chi connectivity index (χ3n) is 2.01. The lowest BCUT2D eigenvalue weighted by Gasteiger charge is -2.34. The van der Waals surface area contributed by atoms with E-state index in [1.165, 1.54) is 6.92 Å². The third kappa shape index (κ3) is 1.66. The topological polar surface area (TPSA) is 60.2 Å². The lowest BCUT2D eigenvalue weighted by atomic mass is 9.73. The Morgan fingerprint density at radius 1 is 1.36 bits per heavy atom. The van der Waals surface area contributed by atoms with Crippen LogP contribution in [0, 0.1) is 5.41 Å². The van der Waals surface area contributed by atoms with Crippen molar-refractivity contribution >= 4 is 12.1 Å². The maximum absolute atomic E-state index is 11.0. The molecule has 0 amide bonds. The quantitative estimate of drug-likeness (QED) is 0.469. The lowest BCUT2D eigenvalue weighted by Crippen LogP contribution is -2.58. The Hall–Kier alpha value is -0.700. The molecule has 0 aliphatic carbocycles. The van der Waals surface area contributed by atoms with Crippen molar-refractivity contribution in [3.8, 4) is 0 Å². The highest BCUT2D eigenvalue weighted by molar-refractivity contribution is 6.02. The van der Waals surface area contributed by atoms with Crippen LogP contribution in [0.15, 0.2) is 0 Å². The smallest absolute Gasteiger partial charge is 0.157 e. The van der Waals surface area contributed by atoms with Crippen molar-refractivity contribution in [1.29, 1.82) is 0 Å². The molecule has 3 heteroatoms. The Labute approximate surface area is 67.0 Å². The van der Waals surface area contributed by atoms with Crippen LogP contribution in [0.4, 0.5) is 0 Å². The number of aldehydes is 1. The van der Waals surface area contributed by atoms with E-state index >= 15 is 0 Å². The molecule has 64 valence electrons. The average Bonchev–Trinajstić information content (AvgIpc) is 1.83. The first-order valence-electron chi connectivity index (χ1n) is 3.52. The molecule has 0 aliphatic rings. The standard InChI is InChI=1S/C8H15NO2/c1-6(11)8(9,5-10)7(2,3)4/h5H,9H2,1-4H3. The summed E-state index contributed by atoms with van der Waals surface area (Å²) < 4.78 is 0. The van der Waals surface area contributed by atoms with Crippen molar-refractivity contribution in [2.45, 2.75) is 33.2 Å². The predicted molar refractivity (Wildman–Crippen MR) is 43.1 cm³/mol. The summed E-state index contributed by atoms with van der Waals surface area (Å²) in [6.07, 6.45) is 0.523. The van der Waals surface area contributed by atoms with Crippen LogP contribution in [0.3, 0.4) is 0 Å². The van der Waals surface area contributed by atoms with Crippen LogP contribution < -0.4 is 5.73 Å². The molecule has 0 heterocycles. The molecule has 3 nitrogen and oxygen atoms in total. The number of hydrogen-bond acceptors (Lipinski definition) is 3. The SMILES string of the molecule is CC(=O)C(N)(C=O)C(C)(C)C. The lowest BCUT2D eigenvalue weighted by molar-refractivity contribution is -0.131. The molecule has 0 aliphatic heterocycles. The molecule has 0 aromatic heterocycles. The van der Waals surface area contributed by atoms with E-state index in [4.69, 9.17) is 5.73 Å². The zero-order valence-electron chi connectivity index (χ0n) is 7.47. The van der Waals surface area contributed by atoms with Gasteiger partial charge >= 0.3 is 0 Å². The molecule has 0 spiro atoms. The zero-order chi connectivity index (χ0) is 9.28. The van der Waals surface area contributed by atoms with Crippen LogP contribution in [0.5, 0.6) is 0 Å². The van der Waals surface area contributed by atoms with Gasteiger partial charge in [0, 0.05) is 0 Å². The van der Waals surface area contributed by atoms with Crippen LogP contribution >= 0.6 is 0 Å². The highest BCUT2D eigenvalue weighted by Crippen LogP contribution is 2.26. The van der Waals surface area contributed by atoms with E-state index in [-0.39, 0.29) is 5.78 Å². The Kier molecular flexibility index (Phi) is 2.56. The van der Waals surface area contributed by atoms with E-state index in [0.29, 0.717) is 6.29 Å². The van der Waals surface area contributed by atoms with Crippen LogP contribution in [0.2, 0.25) is 0 Å². The number of rotatable bonds is 2. The van der Waals surface area contributed by atoms with Gasteiger partial charge in [-0.1, -0.05) is 20.8 Å². The summed E-state index contributed by atoms with van der Waals surface area (Å²) in [7, 11) is 0. The van der Waals surface area contributed by atoms with Gasteiger partial charge in [0.2, 0.25) is 0 Å². The molecule has 2 N–H and O–H groups in total. The van der Waals surface area contributed by atoms with Gasteiger partial charge in [0.25, 0.3) is 0 Å². The molecular formula is C8H15NO2. The Morgan fingerprint density at radius 3 is 1.73 bits per heavy atom. The minimum atomic E-state index is -1.34. The molecule has 1 atom stereocenters. The summed E-state index contributed by atoms with van der Waals surface area (Å²) in [6, 6.07) is 0. The molecule has 0 saturated heterocycles. The minimum absolute atomic E-state index is 0.292. The van der Waals surface area contributed by atoms with Gasteiger partial charge in [-0.15, -0.1) is 0 Å². The van der Waals surface area contributed by atoms with Crippen molar-refractivity contribution < 1.29 is 9.59 Å². The van der Waals surface area contributed by atoms with Crippen molar-refractivity contribution in [2.75, 3.05) is 0 Å². The van der Waals surface area contributed by atoms with Crippen molar-refractivity contribution in [1.82, 2.24) is 0 Å². The second-order valence-electron chi connectivity index (χ2n) is 3.79. The molecule has 0 aromatic rings. The van der Waals surface area contributed by atoms with Crippen LogP contribution in [0.25, 0.3) is 0 Å². The van der Waals surface area contributed by atoms with Gasteiger partial charge in [-0.25, -0.2) is 0 Å². The highest BCUT2D eigenvalue weighted by atomic mass is 16.1. The monoisotopic (exact) mass is 157 g/mol. The molecular weight excluding hydrogens is 142 g/mol. The minimum Gasteiger partial charge on any atom is -0.313 e. The normalized spacial score (nSPS) is 17.2. The Bertz CT molecular complexity index is 181. The van der Waals surface area contributed by atoms with Crippen molar-refractivity contribution in [3.63, 3.8) is 0 Å². The summed E-state index contributed by atoms with van der Waals surface area (Å²) in [4.78, 5) is 21.6. The summed E-state index contributed by atoms with van der Waals surface area (Å²) in [6.45, 7) is 6.63. The molecule has 11 heavy (non-hydrogen) atoms. The van der Waals surface area contributed by atoms with Crippen LogP contribution in [0.1, 0.15) is 27.7 Å². The fourth-order valence-electron chi connectivity index (χ4n) is 0.788. The number of ketones is 1. The van der Waals surface area contributed by atoms with Gasteiger partial charge in [0.1, 0.15) is 11.8 Å². The van der Waals surface area contributed by atoms with Gasteiger partial charge in [-0.05, 0) is 12.3 Å². The summed E-state index contributed by atoms with van der Waals surface area (Å²) in [5.41, 5.74) is 3.75. The first kappa shape index (κ1) is 10.3. The molecule has 0 fully saturated rings. The Balaban J connectivity index is 4.91. The Morgan fingerprint density at radius 2 is 1.73 bits per heavy atom. The van der Waals surface area contributed by atoms with Crippen molar-refractivity contribution in [2.24, 2.45) is 11.1 Å². The second kappa shape index (κ2) is 2.74. The average molecular weight is 157 g/mol. The number of nitrogens with two attached hydrogens (primary N) is 1. The molecule has 0 bridgehead atoms. The second-order valence-corrected chi connectivity index (χ2v) is 3.79. The van der Waals surface area contributed by atoms with Gasteiger partial charge in [-0.3, -0.25) is 4.79 Å². The zero-order valence-corrected chi connectivity index (χ0v) is 7.47. The fraction of sp³-hybridized carbons (Fsp3) is 0.750. The first-order chi connectivity index (χ1) is 4.75. The van der Waals surface area contributed by atoms with Gasteiger partial charge < -0.3 is 10.5 Å². The summed E-state index contributed by atoms with van der Waals surface area (Å²) in [5, 5.41) is 0. The van der Waals surface area contributed by atoms with E-state index in [9.17, 15) is 9.59 Å². The summed E-state index contributed by atoms with van der Waals surface area (Å²) in [5.74, 6) is -0.292. The van der Waals surface area contributed by atoms with Crippen LogP contribution in [-0.2, 0) is 9.59 Å². The number of carbonyl (C=O) groups excluding carboxylic acids is 2. The maximum Gasteiger partial charge on any atom is 0.157 e. The van der Waals surface area contributed by atoms with E-state index in [1.54, 1.807) is 20.8 Å². The number of Topliss-reactive ketones (excluding diaryl/α,β-unsaturated/α-hetero) is 1. The van der Waals surface area contributed by atoms with Crippen LogP contribution in [-0.4, -0.2) is 17.6 Å². The number of carbonyl (C=O) groups is 2. The largest absolute Gasteiger partial charge is 0.313 e. The molecule has 0 saturated carbocycles. The third-order valence-corrected chi connectivity index (χ3v) is 2.01. The van der Waals surface area contributed by atoms with E-state index in [0.717, 1.165) is 0 Å². The van der Waals surface area contributed by atoms with Gasteiger partial charge in [-0.2, -0.15) is 0 Å². The maximum atomic E-state index is 11.0. The van der Waals surface area contributed by atoms with Crippen molar-refractivity contribution in [3.05, 3.63) is 0 Å². The number of hydrogen-bond donors (Lipinski definition) is 1. The van der Waals surface area contributed by atoms with Gasteiger partial charge in [0.05, 0.1) is 0 Å². The van der Waals surface area contributed by atoms with Gasteiger partial charge in [0.15, 0.2) is 5.78 Å². The fourth-order valence-corrected chi connectivity index (χ4v) is 0.788. The molecule has 0 rings (SSSR count). The van der Waals surface area contributed by atoms with E-state index in [2.05, 4.69) is 0 Å². The predicted octanol–water partition coefficient (Wildman–Crippen LogP) is 0.518. The van der Waals surface area contributed by atoms with E-state index in [1.807, 2.05) is 0 Å². The first-order valence-corrected chi connectivity index (χ1v) is 3.52. The molecule has 0 radical (unpaired) electrons.